The smallest absolute Gasteiger partial charge is 0.189 e. The van der Waals surface area contributed by atoms with Gasteiger partial charge in [-0.3, -0.25) is 4.79 Å². The third-order valence-electron chi connectivity index (χ3n) is 2.17. The normalized spacial score (nSPS) is 11.2. The maximum absolute atomic E-state index is 10.6. The lowest BCUT2D eigenvalue weighted by Gasteiger charge is -2.06. The fourth-order valence-corrected chi connectivity index (χ4v) is 1.27. The van der Waals surface area contributed by atoms with E-state index < -0.39 is 0 Å². The monoisotopic (exact) mass is 234 g/mol. The topological polar surface area (TPSA) is 35.5 Å². The summed E-state index contributed by atoms with van der Waals surface area (Å²) in [5.74, 6) is 0.347. The van der Waals surface area contributed by atoms with Crippen LogP contribution in [0.25, 0.3) is 0 Å². The van der Waals surface area contributed by atoms with Crippen molar-refractivity contribution >= 4 is 6.29 Å². The zero-order chi connectivity index (χ0) is 12.3. The highest BCUT2D eigenvalue weighted by Crippen LogP contribution is 2.02. The summed E-state index contributed by atoms with van der Waals surface area (Å²) < 4.78 is 10.5. The van der Waals surface area contributed by atoms with Crippen LogP contribution in [0.2, 0.25) is 0 Å². The summed E-state index contributed by atoms with van der Waals surface area (Å²) in [6.07, 6.45) is 4.32. The van der Waals surface area contributed by atoms with Gasteiger partial charge >= 0.3 is 0 Å². The molecule has 0 radical (unpaired) electrons. The molecule has 0 saturated carbocycles. The van der Waals surface area contributed by atoms with Crippen molar-refractivity contribution in [1.82, 2.24) is 0 Å². The molecule has 0 fully saturated rings. The molecule has 17 heavy (non-hydrogen) atoms. The quantitative estimate of drug-likeness (QED) is 0.228. The van der Waals surface area contributed by atoms with Crippen LogP contribution in [0.3, 0.4) is 0 Å². The predicted molar refractivity (Wildman–Crippen MR) is 66.2 cm³/mol. The van der Waals surface area contributed by atoms with Crippen molar-refractivity contribution in [2.75, 3.05) is 6.79 Å². The zero-order valence-corrected chi connectivity index (χ0v) is 10.1. The molecule has 0 amide bonds. The minimum Gasteiger partial charge on any atom is -0.464 e. The van der Waals surface area contributed by atoms with Crippen LogP contribution < -0.4 is 0 Å². The predicted octanol–water partition coefficient (Wildman–Crippen LogP) is 3.06. The van der Waals surface area contributed by atoms with Gasteiger partial charge in [0.15, 0.2) is 18.8 Å². The van der Waals surface area contributed by atoms with Gasteiger partial charge in [-0.25, -0.2) is 0 Å². The second kappa shape index (κ2) is 8.53. The van der Waals surface area contributed by atoms with E-state index in [2.05, 4.69) is 0 Å². The van der Waals surface area contributed by atoms with Gasteiger partial charge in [0.25, 0.3) is 0 Å². The second-order valence-electron chi connectivity index (χ2n) is 3.61. The summed E-state index contributed by atoms with van der Waals surface area (Å²) >= 11 is 0. The van der Waals surface area contributed by atoms with Crippen LogP contribution in [0, 0.1) is 0 Å². The zero-order valence-electron chi connectivity index (χ0n) is 10.1. The van der Waals surface area contributed by atoms with Crippen molar-refractivity contribution in [3.63, 3.8) is 0 Å². The Hall–Kier alpha value is -1.61. The van der Waals surface area contributed by atoms with Crippen LogP contribution in [0.5, 0.6) is 0 Å². The Labute approximate surface area is 102 Å². The Bertz CT molecular complexity index is 344. The van der Waals surface area contributed by atoms with Gasteiger partial charge in [-0.2, -0.15) is 0 Å². The molecule has 0 aliphatic rings. The number of hydrogen-bond donors (Lipinski definition) is 0. The summed E-state index contributed by atoms with van der Waals surface area (Å²) in [5, 5.41) is 0. The minimum atomic E-state index is 0.100. The standard InChI is InChI=1S/C14H18O3/c1-2-3-9-14(10-15)17-12-16-11-13-7-5-4-6-8-13/h4-10H,2-3,11-12H2,1H3/b14-9+. The number of allylic oxidation sites excluding steroid dienone is 2. The first-order chi connectivity index (χ1) is 8.36. The van der Waals surface area contributed by atoms with Crippen LogP contribution in [0.1, 0.15) is 25.3 Å². The van der Waals surface area contributed by atoms with Gasteiger partial charge in [0, 0.05) is 0 Å². The molecule has 3 nitrogen and oxygen atoms in total. The highest BCUT2D eigenvalue weighted by Gasteiger charge is 1.96. The maximum Gasteiger partial charge on any atom is 0.189 e. The van der Waals surface area contributed by atoms with Gasteiger partial charge in [0.2, 0.25) is 0 Å². The van der Waals surface area contributed by atoms with Crippen molar-refractivity contribution in [3.8, 4) is 0 Å². The Morgan fingerprint density at radius 3 is 2.71 bits per heavy atom. The summed E-state index contributed by atoms with van der Waals surface area (Å²) in [4.78, 5) is 10.6. The molecule has 3 heteroatoms. The second-order valence-corrected chi connectivity index (χ2v) is 3.61. The lowest BCUT2D eigenvalue weighted by molar-refractivity contribution is -0.111. The Kier molecular flexibility index (Phi) is 6.75. The van der Waals surface area contributed by atoms with Gasteiger partial charge in [-0.15, -0.1) is 0 Å². The number of carbonyl (C=O) groups is 1. The molecule has 1 rings (SSSR count). The number of rotatable bonds is 8. The first-order valence-corrected chi connectivity index (χ1v) is 5.76. The molecule has 92 valence electrons. The van der Waals surface area contributed by atoms with Crippen LogP contribution in [-0.4, -0.2) is 13.1 Å². The molecule has 0 aliphatic heterocycles. The third-order valence-corrected chi connectivity index (χ3v) is 2.17. The van der Waals surface area contributed by atoms with E-state index >= 15 is 0 Å². The molecule has 0 unspecified atom stereocenters. The molecule has 1 aromatic carbocycles. The van der Waals surface area contributed by atoms with E-state index in [-0.39, 0.29) is 6.79 Å². The number of hydrogen-bond acceptors (Lipinski definition) is 3. The first kappa shape index (κ1) is 13.5. The molecule has 0 bridgehead atoms. The molecule has 0 aromatic heterocycles. The molecular weight excluding hydrogens is 216 g/mol. The van der Waals surface area contributed by atoms with Crippen LogP contribution in [0.4, 0.5) is 0 Å². The van der Waals surface area contributed by atoms with Gasteiger partial charge in [-0.1, -0.05) is 43.7 Å². The molecule has 0 heterocycles. The summed E-state index contributed by atoms with van der Waals surface area (Å²) in [6, 6.07) is 9.83. The van der Waals surface area contributed by atoms with Gasteiger partial charge in [-0.05, 0) is 18.1 Å². The van der Waals surface area contributed by atoms with Crippen LogP contribution in [0.15, 0.2) is 42.2 Å². The number of unbranched alkanes of at least 4 members (excludes halogenated alkanes) is 1. The summed E-state index contributed by atoms with van der Waals surface area (Å²) in [6.45, 7) is 2.63. The number of benzene rings is 1. The van der Waals surface area contributed by atoms with Crippen LogP contribution >= 0.6 is 0 Å². The van der Waals surface area contributed by atoms with Crippen molar-refractivity contribution < 1.29 is 14.3 Å². The SMILES string of the molecule is CCC/C=C(\C=O)OCOCc1ccccc1. The van der Waals surface area contributed by atoms with Crippen molar-refractivity contribution in [1.29, 1.82) is 0 Å². The summed E-state index contributed by atoms with van der Waals surface area (Å²) in [5.41, 5.74) is 1.08. The van der Waals surface area contributed by atoms with E-state index in [9.17, 15) is 4.79 Å². The van der Waals surface area contributed by atoms with Crippen molar-refractivity contribution in [3.05, 3.63) is 47.7 Å². The van der Waals surface area contributed by atoms with E-state index in [0.29, 0.717) is 18.7 Å². The molecule has 1 aromatic rings. The fraction of sp³-hybridized carbons (Fsp3) is 0.357. The average molecular weight is 234 g/mol. The lowest BCUT2D eigenvalue weighted by Crippen LogP contribution is -2.01. The fourth-order valence-electron chi connectivity index (χ4n) is 1.27. The maximum atomic E-state index is 10.6. The third kappa shape index (κ3) is 5.88. The van der Waals surface area contributed by atoms with E-state index in [0.717, 1.165) is 18.4 Å². The average Bonchev–Trinajstić information content (AvgIpc) is 2.39. The van der Waals surface area contributed by atoms with Crippen molar-refractivity contribution in [2.45, 2.75) is 26.4 Å². The van der Waals surface area contributed by atoms with Gasteiger partial charge in [0.05, 0.1) is 6.61 Å². The van der Waals surface area contributed by atoms with E-state index in [1.807, 2.05) is 37.3 Å². The van der Waals surface area contributed by atoms with Crippen molar-refractivity contribution in [2.24, 2.45) is 0 Å². The number of ether oxygens (including phenoxy) is 2. The summed E-state index contributed by atoms with van der Waals surface area (Å²) in [7, 11) is 0. The lowest BCUT2D eigenvalue weighted by atomic mass is 10.2. The number of carbonyl (C=O) groups excluding carboxylic acids is 1. The highest BCUT2D eigenvalue weighted by atomic mass is 16.7. The van der Waals surface area contributed by atoms with E-state index in [1.165, 1.54) is 0 Å². The Morgan fingerprint density at radius 2 is 2.06 bits per heavy atom. The minimum absolute atomic E-state index is 0.100. The highest BCUT2D eigenvalue weighted by molar-refractivity contribution is 5.69. The Morgan fingerprint density at radius 1 is 1.29 bits per heavy atom. The molecular formula is C14H18O3. The molecule has 0 N–H and O–H groups in total. The number of aldehydes is 1. The molecule has 0 aliphatic carbocycles. The first-order valence-electron chi connectivity index (χ1n) is 5.76. The Balaban J connectivity index is 2.21. The van der Waals surface area contributed by atoms with Gasteiger partial charge < -0.3 is 9.47 Å². The molecule has 0 spiro atoms. The van der Waals surface area contributed by atoms with Crippen LogP contribution in [-0.2, 0) is 20.9 Å². The van der Waals surface area contributed by atoms with E-state index in [4.69, 9.17) is 9.47 Å². The largest absolute Gasteiger partial charge is 0.464 e. The molecule has 0 atom stereocenters. The molecule has 0 saturated heterocycles. The van der Waals surface area contributed by atoms with E-state index in [1.54, 1.807) is 6.08 Å². The van der Waals surface area contributed by atoms with Gasteiger partial charge in [0.1, 0.15) is 0 Å².